The zero-order valence-electron chi connectivity index (χ0n) is 17.3. The first-order chi connectivity index (χ1) is 12.0. The number of hydrazine groups is 1. The first kappa shape index (κ1) is 24.2. The second-order valence-electron chi connectivity index (χ2n) is 8.20. The molecule has 0 aliphatic rings. The predicted molar refractivity (Wildman–Crippen MR) is 109 cm³/mol. The van der Waals surface area contributed by atoms with E-state index in [0.717, 1.165) is 6.42 Å². The van der Waals surface area contributed by atoms with Crippen LogP contribution in [0.15, 0.2) is 0 Å². The monoisotopic (exact) mass is 355 g/mol. The van der Waals surface area contributed by atoms with Crippen LogP contribution in [0.3, 0.4) is 0 Å². The molecule has 4 N–H and O–H groups in total. The maximum Gasteiger partial charge on any atom is 0.326 e. The van der Waals surface area contributed by atoms with Gasteiger partial charge in [-0.15, -0.1) is 0 Å². The summed E-state index contributed by atoms with van der Waals surface area (Å²) in [5, 5.41) is 0. The second kappa shape index (κ2) is 16.7. The van der Waals surface area contributed by atoms with Crippen molar-refractivity contribution in [2.75, 3.05) is 0 Å². The van der Waals surface area contributed by atoms with Crippen molar-refractivity contribution in [3.05, 3.63) is 0 Å². The number of primary amides is 1. The van der Waals surface area contributed by atoms with E-state index in [1.807, 2.05) is 0 Å². The number of carbonyl (C=O) groups is 1. The average molecular weight is 356 g/mol. The summed E-state index contributed by atoms with van der Waals surface area (Å²) < 4.78 is 0. The van der Waals surface area contributed by atoms with Gasteiger partial charge in [-0.05, 0) is 20.3 Å². The minimum Gasteiger partial charge on any atom is -0.351 e. The van der Waals surface area contributed by atoms with E-state index < -0.39 is 6.03 Å². The Labute approximate surface area is 157 Å². The van der Waals surface area contributed by atoms with E-state index in [1.54, 1.807) is 0 Å². The van der Waals surface area contributed by atoms with Crippen molar-refractivity contribution in [2.24, 2.45) is 5.73 Å². The van der Waals surface area contributed by atoms with E-state index in [-0.39, 0.29) is 5.54 Å². The van der Waals surface area contributed by atoms with Crippen LogP contribution in [-0.4, -0.2) is 11.6 Å². The lowest BCUT2D eigenvalue weighted by Crippen LogP contribution is -2.52. The topological polar surface area (TPSA) is 67.2 Å². The van der Waals surface area contributed by atoms with Gasteiger partial charge in [-0.3, -0.25) is 5.43 Å². The third kappa shape index (κ3) is 19.4. The molecule has 0 aliphatic heterocycles. The summed E-state index contributed by atoms with van der Waals surface area (Å²) in [6, 6.07) is -0.524. The number of nitrogens with one attached hydrogen (secondary N) is 2. The maximum absolute atomic E-state index is 10.7. The van der Waals surface area contributed by atoms with Gasteiger partial charge in [-0.2, -0.15) is 0 Å². The molecule has 0 aromatic rings. The molecule has 0 bridgehead atoms. The van der Waals surface area contributed by atoms with Crippen LogP contribution >= 0.6 is 0 Å². The van der Waals surface area contributed by atoms with Crippen molar-refractivity contribution in [3.8, 4) is 0 Å². The van der Waals surface area contributed by atoms with Crippen molar-refractivity contribution in [3.63, 3.8) is 0 Å². The Morgan fingerprint density at radius 2 is 1.08 bits per heavy atom. The zero-order valence-corrected chi connectivity index (χ0v) is 17.3. The molecule has 0 unspecified atom stereocenters. The van der Waals surface area contributed by atoms with Gasteiger partial charge in [0.1, 0.15) is 0 Å². The molecule has 4 heteroatoms. The molecular weight excluding hydrogens is 310 g/mol. The summed E-state index contributed by atoms with van der Waals surface area (Å²) in [7, 11) is 0. The first-order valence-corrected chi connectivity index (χ1v) is 10.8. The first-order valence-electron chi connectivity index (χ1n) is 10.8. The number of urea groups is 1. The third-order valence-electron chi connectivity index (χ3n) is 4.93. The Kier molecular flexibility index (Phi) is 16.2. The number of amides is 2. The Hall–Kier alpha value is -0.770. The molecule has 150 valence electrons. The fourth-order valence-corrected chi connectivity index (χ4v) is 3.23. The molecule has 0 aromatic heterocycles. The number of unbranched alkanes of at least 4 members (excludes halogenated alkanes) is 14. The molecule has 0 aliphatic carbocycles. The molecule has 0 heterocycles. The summed E-state index contributed by atoms with van der Waals surface area (Å²) in [4.78, 5) is 10.7. The normalized spacial score (nSPS) is 11.6. The van der Waals surface area contributed by atoms with Crippen LogP contribution in [0.2, 0.25) is 0 Å². The van der Waals surface area contributed by atoms with E-state index in [0.29, 0.717) is 0 Å². The van der Waals surface area contributed by atoms with Gasteiger partial charge in [0.05, 0.1) is 0 Å². The summed E-state index contributed by atoms with van der Waals surface area (Å²) in [5.41, 5.74) is 10.4. The predicted octanol–water partition coefficient (Wildman–Crippen LogP) is 6.20. The van der Waals surface area contributed by atoms with Crippen molar-refractivity contribution in [1.29, 1.82) is 0 Å². The SMILES string of the molecule is CCCCCCCCCCCCCCCCCC(C)(C)NNC(N)=O. The minimum atomic E-state index is -0.524. The molecule has 0 radical (unpaired) electrons. The Morgan fingerprint density at radius 3 is 1.44 bits per heavy atom. The third-order valence-corrected chi connectivity index (χ3v) is 4.93. The molecule has 0 spiro atoms. The fourth-order valence-electron chi connectivity index (χ4n) is 3.23. The van der Waals surface area contributed by atoms with Gasteiger partial charge in [-0.1, -0.05) is 103 Å². The molecule has 2 amide bonds. The van der Waals surface area contributed by atoms with Gasteiger partial charge in [0.25, 0.3) is 0 Å². The molecule has 0 aromatic carbocycles. The number of hydrogen-bond acceptors (Lipinski definition) is 2. The van der Waals surface area contributed by atoms with Gasteiger partial charge in [-0.25, -0.2) is 10.2 Å². The average Bonchev–Trinajstić information content (AvgIpc) is 2.56. The highest BCUT2D eigenvalue weighted by Gasteiger charge is 2.16. The summed E-state index contributed by atoms with van der Waals surface area (Å²) in [6.07, 6.45) is 21.8. The van der Waals surface area contributed by atoms with Gasteiger partial charge in [0.2, 0.25) is 0 Å². The van der Waals surface area contributed by atoms with Crippen molar-refractivity contribution < 1.29 is 4.79 Å². The molecule has 25 heavy (non-hydrogen) atoms. The standard InChI is InChI=1S/C21H45N3O/c1-4-5-6-7-8-9-10-11-12-13-14-15-16-17-18-19-21(2,3)24-23-20(22)25/h24H,4-19H2,1-3H3,(H3,22,23,25). The minimum absolute atomic E-state index is 0.0917. The summed E-state index contributed by atoms with van der Waals surface area (Å²) in [6.45, 7) is 6.46. The highest BCUT2D eigenvalue weighted by atomic mass is 16.2. The molecule has 0 fully saturated rings. The van der Waals surface area contributed by atoms with Crippen molar-refractivity contribution >= 4 is 6.03 Å². The molecule has 0 saturated carbocycles. The Balaban J connectivity index is 3.22. The fraction of sp³-hybridized carbons (Fsp3) is 0.952. The smallest absolute Gasteiger partial charge is 0.326 e. The van der Waals surface area contributed by atoms with E-state index >= 15 is 0 Å². The number of hydrogen-bond donors (Lipinski definition) is 3. The molecule has 0 rings (SSSR count). The largest absolute Gasteiger partial charge is 0.351 e. The summed E-state index contributed by atoms with van der Waals surface area (Å²) >= 11 is 0. The van der Waals surface area contributed by atoms with Crippen LogP contribution in [0.25, 0.3) is 0 Å². The second-order valence-corrected chi connectivity index (χ2v) is 8.20. The van der Waals surface area contributed by atoms with E-state index in [9.17, 15) is 4.79 Å². The van der Waals surface area contributed by atoms with E-state index in [2.05, 4.69) is 31.6 Å². The number of rotatable bonds is 18. The van der Waals surface area contributed by atoms with Crippen LogP contribution in [0.5, 0.6) is 0 Å². The van der Waals surface area contributed by atoms with Gasteiger partial charge in [0.15, 0.2) is 0 Å². The highest BCUT2D eigenvalue weighted by Crippen LogP contribution is 2.16. The van der Waals surface area contributed by atoms with Crippen LogP contribution in [0.4, 0.5) is 4.79 Å². The Bertz CT molecular complexity index is 306. The zero-order chi connectivity index (χ0) is 18.8. The van der Waals surface area contributed by atoms with Crippen molar-refractivity contribution in [2.45, 2.75) is 129 Å². The van der Waals surface area contributed by atoms with Crippen molar-refractivity contribution in [1.82, 2.24) is 10.9 Å². The van der Waals surface area contributed by atoms with Crippen LogP contribution in [0, 0.1) is 0 Å². The molecule has 0 atom stereocenters. The van der Waals surface area contributed by atoms with Gasteiger partial charge >= 0.3 is 6.03 Å². The van der Waals surface area contributed by atoms with Gasteiger partial charge < -0.3 is 5.73 Å². The van der Waals surface area contributed by atoms with Gasteiger partial charge in [0, 0.05) is 5.54 Å². The van der Waals surface area contributed by atoms with Crippen LogP contribution in [-0.2, 0) is 0 Å². The number of carbonyl (C=O) groups excluding carboxylic acids is 1. The summed E-state index contributed by atoms with van der Waals surface area (Å²) in [5.74, 6) is 0. The quantitative estimate of drug-likeness (QED) is 0.202. The van der Waals surface area contributed by atoms with Crippen LogP contribution in [0.1, 0.15) is 124 Å². The molecule has 0 saturated heterocycles. The maximum atomic E-state index is 10.7. The Morgan fingerprint density at radius 1 is 0.720 bits per heavy atom. The van der Waals surface area contributed by atoms with E-state index in [4.69, 9.17) is 5.73 Å². The number of nitrogens with two attached hydrogens (primary N) is 1. The van der Waals surface area contributed by atoms with E-state index in [1.165, 1.54) is 96.3 Å². The molecular formula is C21H45N3O. The highest BCUT2D eigenvalue weighted by molar-refractivity contribution is 5.70. The lowest BCUT2D eigenvalue weighted by atomic mass is 9.96. The van der Waals surface area contributed by atoms with Crippen LogP contribution < -0.4 is 16.6 Å². The lowest BCUT2D eigenvalue weighted by molar-refractivity contribution is 0.232. The molecule has 4 nitrogen and oxygen atoms in total. The lowest BCUT2D eigenvalue weighted by Gasteiger charge is -2.26.